The molecule has 2 aromatic rings. The van der Waals surface area contributed by atoms with Crippen LogP contribution in [0.3, 0.4) is 0 Å². The lowest BCUT2D eigenvalue weighted by Gasteiger charge is -2.08. The Hall–Kier alpha value is -1.46. The van der Waals surface area contributed by atoms with E-state index in [-0.39, 0.29) is 0 Å². The average Bonchev–Trinajstić information content (AvgIpc) is 2.71. The van der Waals surface area contributed by atoms with Gasteiger partial charge in [0.2, 0.25) is 0 Å². The van der Waals surface area contributed by atoms with Gasteiger partial charge in [-0.3, -0.25) is 0 Å². The second-order valence-corrected chi connectivity index (χ2v) is 5.13. The highest BCUT2D eigenvalue weighted by Gasteiger charge is 2.13. The molecule has 0 fully saturated rings. The predicted molar refractivity (Wildman–Crippen MR) is 75.9 cm³/mol. The highest BCUT2D eigenvalue weighted by molar-refractivity contribution is 9.10. The maximum absolute atomic E-state index is 5.72. The standard InChI is InChI=1S/C13H15BrN4/c1-9(2)8-18-13(12(7-15)16-17-18)10-4-3-5-11(14)6-10/h3-6H,1,7-8,15H2,2H3. The molecule has 94 valence electrons. The van der Waals surface area contributed by atoms with E-state index in [9.17, 15) is 0 Å². The quantitative estimate of drug-likeness (QED) is 0.884. The number of aromatic nitrogens is 3. The molecule has 0 saturated heterocycles. The maximum atomic E-state index is 5.72. The van der Waals surface area contributed by atoms with Crippen molar-refractivity contribution in [3.63, 3.8) is 0 Å². The van der Waals surface area contributed by atoms with Crippen molar-refractivity contribution in [2.24, 2.45) is 5.73 Å². The first kappa shape index (κ1) is 13.0. The molecule has 0 spiro atoms. The molecule has 0 radical (unpaired) electrons. The third-order valence-corrected chi connectivity index (χ3v) is 3.01. The minimum absolute atomic E-state index is 0.373. The van der Waals surface area contributed by atoms with Crippen molar-refractivity contribution in [1.29, 1.82) is 0 Å². The normalized spacial score (nSPS) is 10.6. The predicted octanol–water partition coefficient (Wildman–Crippen LogP) is 2.74. The molecule has 1 heterocycles. The van der Waals surface area contributed by atoms with Gasteiger partial charge in [-0.05, 0) is 19.1 Å². The van der Waals surface area contributed by atoms with Crippen molar-refractivity contribution in [1.82, 2.24) is 15.0 Å². The zero-order valence-electron chi connectivity index (χ0n) is 10.2. The molecule has 4 nitrogen and oxygen atoms in total. The Kier molecular flexibility index (Phi) is 3.93. The zero-order valence-corrected chi connectivity index (χ0v) is 11.8. The van der Waals surface area contributed by atoms with Gasteiger partial charge >= 0.3 is 0 Å². The van der Waals surface area contributed by atoms with Crippen molar-refractivity contribution >= 4 is 15.9 Å². The maximum Gasteiger partial charge on any atom is 0.104 e. The van der Waals surface area contributed by atoms with Gasteiger partial charge in [-0.1, -0.05) is 45.4 Å². The van der Waals surface area contributed by atoms with E-state index < -0.39 is 0 Å². The van der Waals surface area contributed by atoms with Crippen molar-refractivity contribution in [2.75, 3.05) is 0 Å². The van der Waals surface area contributed by atoms with Gasteiger partial charge in [0, 0.05) is 16.6 Å². The molecule has 5 heteroatoms. The van der Waals surface area contributed by atoms with Crippen molar-refractivity contribution in [3.8, 4) is 11.3 Å². The van der Waals surface area contributed by atoms with Gasteiger partial charge in [-0.15, -0.1) is 5.10 Å². The summed E-state index contributed by atoms with van der Waals surface area (Å²) in [5, 5.41) is 8.27. The van der Waals surface area contributed by atoms with Crippen LogP contribution in [0.5, 0.6) is 0 Å². The van der Waals surface area contributed by atoms with Crippen LogP contribution < -0.4 is 5.73 Å². The molecular weight excluding hydrogens is 292 g/mol. The van der Waals surface area contributed by atoms with Crippen molar-refractivity contribution < 1.29 is 0 Å². The lowest BCUT2D eigenvalue weighted by atomic mass is 10.1. The van der Waals surface area contributed by atoms with Crippen LogP contribution in [-0.4, -0.2) is 15.0 Å². The van der Waals surface area contributed by atoms with E-state index in [1.807, 2.05) is 35.9 Å². The number of allylic oxidation sites excluding steroid dienone is 1. The molecule has 0 bridgehead atoms. The smallest absolute Gasteiger partial charge is 0.104 e. The Balaban J connectivity index is 2.53. The highest BCUT2D eigenvalue weighted by atomic mass is 79.9. The van der Waals surface area contributed by atoms with Crippen molar-refractivity contribution in [2.45, 2.75) is 20.0 Å². The summed E-state index contributed by atoms with van der Waals surface area (Å²) in [5.74, 6) is 0. The van der Waals surface area contributed by atoms with Gasteiger partial charge in [0.1, 0.15) is 5.69 Å². The van der Waals surface area contributed by atoms with E-state index in [4.69, 9.17) is 5.73 Å². The zero-order chi connectivity index (χ0) is 13.1. The van der Waals surface area contributed by atoms with Gasteiger partial charge in [-0.25, -0.2) is 4.68 Å². The monoisotopic (exact) mass is 306 g/mol. The van der Waals surface area contributed by atoms with Crippen molar-refractivity contribution in [3.05, 3.63) is 46.6 Å². The fraction of sp³-hybridized carbons (Fsp3) is 0.231. The first-order valence-electron chi connectivity index (χ1n) is 5.64. The van der Waals surface area contributed by atoms with E-state index in [2.05, 4.69) is 32.8 Å². The molecule has 2 N–H and O–H groups in total. The SMILES string of the molecule is C=C(C)Cn1nnc(CN)c1-c1cccc(Br)c1. The summed E-state index contributed by atoms with van der Waals surface area (Å²) in [6.07, 6.45) is 0. The van der Waals surface area contributed by atoms with Crippen LogP contribution in [0.4, 0.5) is 0 Å². The number of halogens is 1. The lowest BCUT2D eigenvalue weighted by molar-refractivity contribution is 0.648. The minimum atomic E-state index is 0.373. The molecule has 1 aromatic carbocycles. The summed E-state index contributed by atoms with van der Waals surface area (Å²) in [7, 11) is 0. The molecule has 0 aliphatic carbocycles. The molecule has 0 aliphatic rings. The van der Waals surface area contributed by atoms with E-state index in [0.29, 0.717) is 13.1 Å². The van der Waals surface area contributed by atoms with Gasteiger partial charge in [0.05, 0.1) is 12.2 Å². The average molecular weight is 307 g/mol. The summed E-state index contributed by atoms with van der Waals surface area (Å²) in [5.41, 5.74) is 9.56. The third kappa shape index (κ3) is 2.68. The van der Waals surface area contributed by atoms with Gasteiger partial charge in [0.25, 0.3) is 0 Å². The van der Waals surface area contributed by atoms with Crippen LogP contribution in [0.25, 0.3) is 11.3 Å². The number of benzene rings is 1. The largest absolute Gasteiger partial charge is 0.325 e. The Morgan fingerprint density at radius 2 is 2.28 bits per heavy atom. The summed E-state index contributed by atoms with van der Waals surface area (Å²) in [4.78, 5) is 0. The van der Waals surface area contributed by atoms with Gasteiger partial charge < -0.3 is 5.73 Å². The molecule has 0 aliphatic heterocycles. The van der Waals surface area contributed by atoms with Crippen LogP contribution in [0.1, 0.15) is 12.6 Å². The minimum Gasteiger partial charge on any atom is -0.325 e. The van der Waals surface area contributed by atoms with E-state index in [1.165, 1.54) is 0 Å². The Morgan fingerprint density at radius 3 is 2.89 bits per heavy atom. The topological polar surface area (TPSA) is 56.7 Å². The Morgan fingerprint density at radius 1 is 1.50 bits per heavy atom. The number of nitrogens with two attached hydrogens (primary N) is 1. The van der Waals surface area contributed by atoms with Crippen LogP contribution >= 0.6 is 15.9 Å². The second-order valence-electron chi connectivity index (χ2n) is 4.21. The number of rotatable bonds is 4. The molecule has 0 unspecified atom stereocenters. The van der Waals surface area contributed by atoms with E-state index in [1.54, 1.807) is 0 Å². The number of hydrogen-bond acceptors (Lipinski definition) is 3. The third-order valence-electron chi connectivity index (χ3n) is 2.52. The number of hydrogen-bond donors (Lipinski definition) is 1. The van der Waals surface area contributed by atoms with Crippen LogP contribution in [0, 0.1) is 0 Å². The molecule has 0 saturated carbocycles. The molecule has 2 rings (SSSR count). The van der Waals surface area contributed by atoms with Crippen LogP contribution in [0.2, 0.25) is 0 Å². The molecular formula is C13H15BrN4. The Labute approximate surface area is 115 Å². The van der Waals surface area contributed by atoms with Crippen LogP contribution in [0.15, 0.2) is 40.9 Å². The fourth-order valence-electron chi connectivity index (χ4n) is 1.80. The van der Waals surface area contributed by atoms with Gasteiger partial charge in [0.15, 0.2) is 0 Å². The second kappa shape index (κ2) is 5.46. The summed E-state index contributed by atoms with van der Waals surface area (Å²) in [6, 6.07) is 8.03. The molecule has 0 atom stereocenters. The summed E-state index contributed by atoms with van der Waals surface area (Å²) >= 11 is 3.47. The summed E-state index contributed by atoms with van der Waals surface area (Å²) < 4.78 is 2.86. The highest BCUT2D eigenvalue weighted by Crippen LogP contribution is 2.25. The summed E-state index contributed by atoms with van der Waals surface area (Å²) in [6.45, 7) is 6.90. The van der Waals surface area contributed by atoms with Crippen LogP contribution in [-0.2, 0) is 13.1 Å². The van der Waals surface area contributed by atoms with E-state index in [0.717, 1.165) is 27.0 Å². The number of nitrogens with zero attached hydrogens (tertiary/aromatic N) is 3. The van der Waals surface area contributed by atoms with Gasteiger partial charge in [-0.2, -0.15) is 0 Å². The Bertz CT molecular complexity index is 574. The molecule has 18 heavy (non-hydrogen) atoms. The fourth-order valence-corrected chi connectivity index (χ4v) is 2.20. The molecule has 0 amide bonds. The first-order valence-corrected chi connectivity index (χ1v) is 6.44. The lowest BCUT2D eigenvalue weighted by Crippen LogP contribution is -2.05. The first-order chi connectivity index (χ1) is 8.61. The molecule has 1 aromatic heterocycles. The van der Waals surface area contributed by atoms with E-state index >= 15 is 0 Å².